The highest BCUT2D eigenvalue weighted by Crippen LogP contribution is 2.32. The van der Waals surface area contributed by atoms with E-state index in [0.29, 0.717) is 30.7 Å². The van der Waals surface area contributed by atoms with Gasteiger partial charge >= 0.3 is 0 Å². The van der Waals surface area contributed by atoms with Gasteiger partial charge in [-0.2, -0.15) is 0 Å². The van der Waals surface area contributed by atoms with Crippen LogP contribution in [0.15, 0.2) is 60.0 Å². The van der Waals surface area contributed by atoms with E-state index < -0.39 is 0 Å². The minimum absolute atomic E-state index is 0.0639. The number of carbonyl (C=O) groups is 1. The van der Waals surface area contributed by atoms with Crippen LogP contribution in [0.1, 0.15) is 28.4 Å². The zero-order valence-corrected chi connectivity index (χ0v) is 21.4. The van der Waals surface area contributed by atoms with Gasteiger partial charge in [0.1, 0.15) is 5.69 Å². The molecule has 1 atom stereocenters. The summed E-state index contributed by atoms with van der Waals surface area (Å²) >= 11 is 1.62. The Morgan fingerprint density at radius 1 is 1.03 bits per heavy atom. The van der Waals surface area contributed by atoms with Crippen LogP contribution in [0.2, 0.25) is 0 Å². The molecule has 0 radical (unpaired) electrons. The molecule has 7 rings (SSSR count). The molecule has 38 heavy (non-hydrogen) atoms. The van der Waals surface area contributed by atoms with E-state index in [9.17, 15) is 4.79 Å². The van der Waals surface area contributed by atoms with Crippen molar-refractivity contribution in [3.05, 3.63) is 71.2 Å². The number of fused-ring (bicyclic) bond motifs is 2. The van der Waals surface area contributed by atoms with Gasteiger partial charge in [0, 0.05) is 47.8 Å². The van der Waals surface area contributed by atoms with E-state index >= 15 is 0 Å². The topological polar surface area (TPSA) is 116 Å². The second kappa shape index (κ2) is 9.80. The van der Waals surface area contributed by atoms with Gasteiger partial charge in [-0.3, -0.25) is 15.6 Å². The lowest BCUT2D eigenvalue weighted by Gasteiger charge is -2.12. The molecule has 9 nitrogen and oxygen atoms in total. The molecule has 2 aliphatic heterocycles. The summed E-state index contributed by atoms with van der Waals surface area (Å²) in [7, 11) is 0. The Balaban J connectivity index is 1.17. The van der Waals surface area contributed by atoms with Crippen molar-refractivity contribution in [3.8, 4) is 11.4 Å². The van der Waals surface area contributed by atoms with E-state index in [1.165, 1.54) is 5.56 Å². The lowest BCUT2D eigenvalue weighted by Crippen LogP contribution is -2.35. The van der Waals surface area contributed by atoms with Crippen molar-refractivity contribution in [2.45, 2.75) is 18.4 Å². The average Bonchev–Trinajstić information content (AvgIpc) is 3.75. The predicted octanol–water partition coefficient (Wildman–Crippen LogP) is 4.29. The third-order valence-electron chi connectivity index (χ3n) is 7.16. The van der Waals surface area contributed by atoms with Gasteiger partial charge in [0.25, 0.3) is 5.91 Å². The van der Waals surface area contributed by atoms with Crippen LogP contribution in [0.4, 0.5) is 11.5 Å². The van der Waals surface area contributed by atoms with Gasteiger partial charge in [0.05, 0.1) is 22.9 Å². The summed E-state index contributed by atoms with van der Waals surface area (Å²) in [6.45, 7) is 3.12. The maximum atomic E-state index is 12.7. The SMILES string of the molecule is O=C(NC1CCOC1)c1cc2ccc(-c3nc(Nc4ccc(C5CNNC5)cc4)c4sccc4n3)cc2[nH]1. The lowest BCUT2D eigenvalue weighted by atomic mass is 10.0. The fraction of sp³-hybridized carbons (Fsp3) is 0.250. The van der Waals surface area contributed by atoms with Crippen molar-refractivity contribution in [2.75, 3.05) is 31.6 Å². The molecule has 3 aromatic heterocycles. The highest BCUT2D eigenvalue weighted by molar-refractivity contribution is 7.17. The van der Waals surface area contributed by atoms with Gasteiger partial charge in [0.15, 0.2) is 11.6 Å². The van der Waals surface area contributed by atoms with Crippen LogP contribution in [-0.4, -0.2) is 53.2 Å². The zero-order chi connectivity index (χ0) is 25.5. The molecule has 0 spiro atoms. The van der Waals surface area contributed by atoms with Crippen molar-refractivity contribution >= 4 is 49.9 Å². The minimum Gasteiger partial charge on any atom is -0.379 e. The highest BCUT2D eigenvalue weighted by Gasteiger charge is 2.20. The first-order valence-electron chi connectivity index (χ1n) is 12.8. The molecule has 0 aliphatic carbocycles. The Morgan fingerprint density at radius 3 is 2.71 bits per heavy atom. The van der Waals surface area contributed by atoms with Crippen LogP contribution in [0.5, 0.6) is 0 Å². The number of benzene rings is 2. The van der Waals surface area contributed by atoms with E-state index in [2.05, 4.69) is 50.7 Å². The third kappa shape index (κ3) is 4.52. The standard InChI is InChI=1S/C28H27N7O2S/c36-28(32-21-7-9-37-15-21)24-11-17-1-2-18(12-23(17)33-24)26-34-22-8-10-38-25(22)27(35-26)31-20-5-3-16(4-6-20)19-13-29-30-14-19/h1-6,8,10-12,19,21,29-30,33H,7,9,13-15H2,(H,32,36)(H,31,34,35). The van der Waals surface area contributed by atoms with Crippen LogP contribution < -0.4 is 21.5 Å². The molecule has 10 heteroatoms. The summed E-state index contributed by atoms with van der Waals surface area (Å²) in [4.78, 5) is 25.7. The van der Waals surface area contributed by atoms with Crippen molar-refractivity contribution in [3.63, 3.8) is 0 Å². The van der Waals surface area contributed by atoms with Crippen LogP contribution >= 0.6 is 11.3 Å². The largest absolute Gasteiger partial charge is 0.379 e. The number of nitrogens with one attached hydrogen (secondary N) is 5. The molecule has 5 N–H and O–H groups in total. The first-order chi connectivity index (χ1) is 18.7. The van der Waals surface area contributed by atoms with E-state index in [1.807, 2.05) is 35.7 Å². The number of amides is 1. The Kier molecular flexibility index (Phi) is 6.01. The second-order valence-corrected chi connectivity index (χ2v) is 10.7. The number of rotatable bonds is 6. The van der Waals surface area contributed by atoms with E-state index in [0.717, 1.165) is 57.7 Å². The number of nitrogens with zero attached hydrogens (tertiary/aromatic N) is 2. The van der Waals surface area contributed by atoms with Crippen LogP contribution in [0.25, 0.3) is 32.5 Å². The highest BCUT2D eigenvalue weighted by atomic mass is 32.1. The number of hydrazine groups is 1. The third-order valence-corrected chi connectivity index (χ3v) is 8.07. The first kappa shape index (κ1) is 23.3. The normalized spacial score (nSPS) is 17.9. The number of thiophene rings is 1. The Morgan fingerprint density at radius 2 is 1.89 bits per heavy atom. The molecular weight excluding hydrogens is 498 g/mol. The van der Waals surface area contributed by atoms with E-state index in [1.54, 1.807) is 11.3 Å². The summed E-state index contributed by atoms with van der Waals surface area (Å²) in [5.74, 6) is 1.77. The fourth-order valence-corrected chi connectivity index (χ4v) is 5.83. The second-order valence-electron chi connectivity index (χ2n) is 9.76. The Hall–Kier alpha value is -3.83. The molecule has 2 fully saturated rings. The quantitative estimate of drug-likeness (QED) is 0.225. The van der Waals surface area contributed by atoms with Crippen LogP contribution in [0, 0.1) is 0 Å². The van der Waals surface area contributed by atoms with E-state index in [-0.39, 0.29) is 11.9 Å². The Bertz CT molecular complexity index is 1620. The number of ether oxygens (including phenoxy) is 1. The summed E-state index contributed by atoms with van der Waals surface area (Å²) in [6.07, 6.45) is 0.842. The van der Waals surface area contributed by atoms with Crippen molar-refractivity contribution in [1.82, 2.24) is 31.1 Å². The van der Waals surface area contributed by atoms with E-state index in [4.69, 9.17) is 14.7 Å². The van der Waals surface area contributed by atoms with Gasteiger partial charge in [0.2, 0.25) is 0 Å². The maximum Gasteiger partial charge on any atom is 0.268 e. The number of hydrogen-bond acceptors (Lipinski definition) is 8. The Labute approximate surface area is 223 Å². The number of carbonyl (C=O) groups excluding carboxylic acids is 1. The summed E-state index contributed by atoms with van der Waals surface area (Å²) in [6, 6.07) is 18.5. The molecule has 2 saturated heterocycles. The number of anilines is 2. The number of hydrogen-bond donors (Lipinski definition) is 5. The lowest BCUT2D eigenvalue weighted by molar-refractivity contribution is 0.0925. The summed E-state index contributed by atoms with van der Waals surface area (Å²) < 4.78 is 6.38. The zero-order valence-electron chi connectivity index (χ0n) is 20.6. The molecule has 1 amide bonds. The molecular formula is C28H27N7O2S. The summed E-state index contributed by atoms with van der Waals surface area (Å²) in [5, 5.41) is 9.54. The van der Waals surface area contributed by atoms with Crippen LogP contribution in [-0.2, 0) is 4.74 Å². The summed E-state index contributed by atoms with van der Waals surface area (Å²) in [5.41, 5.74) is 11.8. The maximum absolute atomic E-state index is 12.7. The molecule has 2 aromatic carbocycles. The molecule has 192 valence electrons. The minimum atomic E-state index is -0.118. The molecule has 1 unspecified atom stereocenters. The first-order valence-corrected chi connectivity index (χ1v) is 13.7. The number of H-pyrrole nitrogens is 1. The molecule has 5 heterocycles. The van der Waals surface area contributed by atoms with Gasteiger partial charge in [-0.05, 0) is 47.7 Å². The van der Waals surface area contributed by atoms with Crippen LogP contribution in [0.3, 0.4) is 0 Å². The molecule has 5 aromatic rings. The fourth-order valence-electron chi connectivity index (χ4n) is 5.05. The van der Waals surface area contributed by atoms with Crippen molar-refractivity contribution in [2.24, 2.45) is 0 Å². The number of aromatic nitrogens is 3. The molecule has 0 bridgehead atoms. The van der Waals surface area contributed by atoms with Crippen molar-refractivity contribution < 1.29 is 9.53 Å². The smallest absolute Gasteiger partial charge is 0.268 e. The molecule has 0 saturated carbocycles. The van der Waals surface area contributed by atoms with Crippen molar-refractivity contribution in [1.29, 1.82) is 0 Å². The predicted molar refractivity (Wildman–Crippen MR) is 150 cm³/mol. The van der Waals surface area contributed by atoms with Gasteiger partial charge in [-0.1, -0.05) is 24.3 Å². The van der Waals surface area contributed by atoms with Gasteiger partial charge in [-0.15, -0.1) is 11.3 Å². The number of aromatic amines is 1. The average molecular weight is 526 g/mol. The monoisotopic (exact) mass is 525 g/mol. The van der Waals surface area contributed by atoms with Gasteiger partial charge in [-0.25, -0.2) is 9.97 Å². The molecule has 2 aliphatic rings. The van der Waals surface area contributed by atoms with Gasteiger partial charge < -0.3 is 20.4 Å².